The van der Waals surface area contributed by atoms with Crippen LogP contribution in [0.1, 0.15) is 17.0 Å². The largest absolute Gasteiger partial charge is 0.426 e. The molecule has 0 aliphatic rings. The normalized spacial score (nSPS) is 12.0. The molecule has 0 N–H and O–H groups in total. The van der Waals surface area contributed by atoms with Crippen LogP contribution in [0, 0.1) is 11.3 Å². The first-order valence-corrected chi connectivity index (χ1v) is 6.28. The highest BCUT2D eigenvalue weighted by atomic mass is 19.4. The first-order valence-electron chi connectivity index (χ1n) is 6.28. The fraction of sp³-hybridized carbons (Fsp3) is 0.308. The third-order valence-corrected chi connectivity index (χ3v) is 2.90. The van der Waals surface area contributed by atoms with Crippen LogP contribution in [0.3, 0.4) is 0 Å². The summed E-state index contributed by atoms with van der Waals surface area (Å²) in [6.07, 6.45) is -8.66. The average molecular weight is 350 g/mol. The number of nitriles is 1. The van der Waals surface area contributed by atoms with Crippen molar-refractivity contribution in [2.45, 2.75) is 18.9 Å². The molecule has 0 saturated carbocycles. The molecule has 1 aromatic heterocycles. The molecule has 0 fully saturated rings. The second-order valence-corrected chi connectivity index (χ2v) is 4.64. The van der Waals surface area contributed by atoms with Crippen molar-refractivity contribution in [1.29, 1.82) is 5.26 Å². The molecule has 0 saturated heterocycles. The quantitative estimate of drug-likeness (QED) is 0.790. The Bertz CT molecular complexity index is 732. The van der Waals surface area contributed by atoms with Gasteiger partial charge in [0.2, 0.25) is 12.3 Å². The topological polar surface area (TPSA) is 66.0 Å². The Kier molecular flexibility index (Phi) is 4.68. The summed E-state index contributed by atoms with van der Waals surface area (Å²) in [5.41, 5.74) is -2.38. The highest BCUT2D eigenvalue weighted by molar-refractivity contribution is 5.55. The van der Waals surface area contributed by atoms with Gasteiger partial charge < -0.3 is 9.32 Å². The van der Waals surface area contributed by atoms with Crippen LogP contribution >= 0.6 is 0 Å². The van der Waals surface area contributed by atoms with Gasteiger partial charge in [-0.25, -0.2) is 0 Å². The lowest BCUT2D eigenvalue weighted by atomic mass is 10.1. The molecule has 1 heterocycles. The molecule has 5 nitrogen and oxygen atoms in total. The SMILES string of the molecule is N#Cc1ccc(N(Cc2nnco2)CC(F)(F)F)cc1C(F)(F)F. The smallest absolute Gasteiger partial charge is 0.417 e. The Morgan fingerprint density at radius 3 is 2.38 bits per heavy atom. The summed E-state index contributed by atoms with van der Waals surface area (Å²) in [5, 5.41) is 15.4. The molecule has 24 heavy (non-hydrogen) atoms. The summed E-state index contributed by atoms with van der Waals surface area (Å²) in [5.74, 6) is -0.197. The number of halogens is 6. The van der Waals surface area contributed by atoms with Gasteiger partial charge in [0.1, 0.15) is 6.54 Å². The van der Waals surface area contributed by atoms with Gasteiger partial charge in [-0.2, -0.15) is 31.6 Å². The van der Waals surface area contributed by atoms with Gasteiger partial charge in [0.05, 0.1) is 23.7 Å². The second kappa shape index (κ2) is 6.38. The van der Waals surface area contributed by atoms with Crippen molar-refractivity contribution >= 4 is 5.69 Å². The molecule has 0 bridgehead atoms. The maximum absolute atomic E-state index is 13.0. The number of nitrogens with zero attached hydrogens (tertiary/aromatic N) is 4. The molecular weight excluding hydrogens is 342 g/mol. The van der Waals surface area contributed by atoms with Gasteiger partial charge in [-0.05, 0) is 18.2 Å². The second-order valence-electron chi connectivity index (χ2n) is 4.64. The molecule has 0 atom stereocenters. The first-order chi connectivity index (χ1) is 11.1. The third-order valence-electron chi connectivity index (χ3n) is 2.90. The molecule has 1 aromatic carbocycles. The van der Waals surface area contributed by atoms with Crippen LogP contribution in [-0.2, 0) is 12.7 Å². The summed E-state index contributed by atoms with van der Waals surface area (Å²) in [6, 6.07) is 3.66. The van der Waals surface area contributed by atoms with E-state index in [4.69, 9.17) is 9.68 Å². The van der Waals surface area contributed by atoms with E-state index in [0.717, 1.165) is 18.5 Å². The van der Waals surface area contributed by atoms with Gasteiger partial charge in [-0.15, -0.1) is 10.2 Å². The van der Waals surface area contributed by atoms with Crippen LogP contribution in [-0.4, -0.2) is 22.9 Å². The molecule has 0 radical (unpaired) electrons. The highest BCUT2D eigenvalue weighted by Crippen LogP contribution is 2.35. The summed E-state index contributed by atoms with van der Waals surface area (Å²) >= 11 is 0. The monoisotopic (exact) mass is 350 g/mol. The first kappa shape index (κ1) is 17.6. The number of anilines is 1. The molecule has 2 rings (SSSR count). The fourth-order valence-electron chi connectivity index (χ4n) is 1.94. The Labute approximate surface area is 131 Å². The molecule has 0 amide bonds. The molecule has 2 aromatic rings. The minimum atomic E-state index is -4.88. The van der Waals surface area contributed by atoms with Crippen molar-refractivity contribution in [3.05, 3.63) is 41.6 Å². The van der Waals surface area contributed by atoms with E-state index in [0.29, 0.717) is 11.0 Å². The van der Waals surface area contributed by atoms with E-state index in [2.05, 4.69) is 10.2 Å². The minimum absolute atomic E-state index is 0.197. The predicted octanol–water partition coefficient (Wildman–Crippen LogP) is 3.53. The van der Waals surface area contributed by atoms with Gasteiger partial charge in [0.25, 0.3) is 0 Å². The number of aromatic nitrogens is 2. The predicted molar refractivity (Wildman–Crippen MR) is 67.6 cm³/mol. The molecule has 0 aliphatic heterocycles. The van der Waals surface area contributed by atoms with Gasteiger partial charge in [0, 0.05) is 5.69 Å². The van der Waals surface area contributed by atoms with Gasteiger partial charge in [-0.3, -0.25) is 0 Å². The van der Waals surface area contributed by atoms with Crippen molar-refractivity contribution in [3.63, 3.8) is 0 Å². The van der Waals surface area contributed by atoms with E-state index in [1.54, 1.807) is 0 Å². The lowest BCUT2D eigenvalue weighted by Gasteiger charge is -2.25. The standard InChI is InChI=1S/C13H8F6N4O/c14-12(15,16)6-23(5-11-22-21-7-24-11)9-2-1-8(4-20)10(3-9)13(17,18)19/h1-3,7H,5-6H2. The van der Waals surface area contributed by atoms with Crippen LogP contribution in [0.15, 0.2) is 29.0 Å². The molecule has 0 spiro atoms. The maximum atomic E-state index is 13.0. The molecule has 11 heteroatoms. The summed E-state index contributed by atoms with van der Waals surface area (Å²) in [6.45, 7) is -2.07. The zero-order valence-corrected chi connectivity index (χ0v) is 11.7. The summed E-state index contributed by atoms with van der Waals surface area (Å²) < 4.78 is 81.8. The lowest BCUT2D eigenvalue weighted by molar-refractivity contribution is -0.137. The van der Waals surface area contributed by atoms with Crippen LogP contribution in [0.4, 0.5) is 32.0 Å². The van der Waals surface area contributed by atoms with Gasteiger partial charge in [0.15, 0.2) is 0 Å². The van der Waals surface area contributed by atoms with Crippen LogP contribution in [0.25, 0.3) is 0 Å². The zero-order chi connectivity index (χ0) is 18.0. The Balaban J connectivity index is 2.44. The molecule has 0 aliphatic carbocycles. The van der Waals surface area contributed by atoms with Crippen molar-refractivity contribution in [2.75, 3.05) is 11.4 Å². The Morgan fingerprint density at radius 2 is 1.88 bits per heavy atom. The highest BCUT2D eigenvalue weighted by Gasteiger charge is 2.36. The van der Waals surface area contributed by atoms with Crippen molar-refractivity contribution in [1.82, 2.24) is 10.2 Å². The zero-order valence-electron chi connectivity index (χ0n) is 11.7. The van der Waals surface area contributed by atoms with Crippen LogP contribution < -0.4 is 4.90 Å². The fourth-order valence-corrected chi connectivity index (χ4v) is 1.94. The number of hydrogen-bond acceptors (Lipinski definition) is 5. The maximum Gasteiger partial charge on any atom is 0.417 e. The van der Waals surface area contributed by atoms with E-state index in [1.165, 1.54) is 6.07 Å². The molecule has 0 unspecified atom stereocenters. The van der Waals surface area contributed by atoms with E-state index in [-0.39, 0.29) is 11.6 Å². The van der Waals surface area contributed by atoms with Gasteiger partial charge in [-0.1, -0.05) is 0 Å². The molecular formula is C13H8F6N4O. The van der Waals surface area contributed by atoms with Crippen LogP contribution in [0.2, 0.25) is 0 Å². The number of benzene rings is 1. The van der Waals surface area contributed by atoms with Crippen molar-refractivity contribution in [3.8, 4) is 6.07 Å². The van der Waals surface area contributed by atoms with E-state index < -0.39 is 36.6 Å². The minimum Gasteiger partial charge on any atom is -0.426 e. The van der Waals surface area contributed by atoms with E-state index >= 15 is 0 Å². The average Bonchev–Trinajstić information content (AvgIpc) is 2.96. The van der Waals surface area contributed by atoms with Crippen molar-refractivity contribution < 1.29 is 30.8 Å². The third kappa shape index (κ3) is 4.37. The van der Waals surface area contributed by atoms with E-state index in [9.17, 15) is 26.3 Å². The number of alkyl halides is 6. The number of hydrogen-bond donors (Lipinski definition) is 0. The summed E-state index contributed by atoms with van der Waals surface area (Å²) in [4.78, 5) is 0.601. The lowest BCUT2D eigenvalue weighted by Crippen LogP contribution is -2.34. The Hall–Kier alpha value is -2.77. The number of rotatable bonds is 4. The van der Waals surface area contributed by atoms with Crippen LogP contribution in [0.5, 0.6) is 0 Å². The molecule has 128 valence electrons. The Morgan fingerprint density at radius 1 is 1.17 bits per heavy atom. The van der Waals surface area contributed by atoms with Gasteiger partial charge >= 0.3 is 12.4 Å². The summed E-state index contributed by atoms with van der Waals surface area (Å²) in [7, 11) is 0. The van der Waals surface area contributed by atoms with E-state index in [1.807, 2.05) is 0 Å². The van der Waals surface area contributed by atoms with Crippen molar-refractivity contribution in [2.24, 2.45) is 0 Å².